The Bertz CT molecular complexity index is 1310. The van der Waals surface area contributed by atoms with Crippen LogP contribution in [0.5, 0.6) is 0 Å². The molecular weight excluding hydrogens is 542 g/mol. The molecule has 0 saturated heterocycles. The molecule has 4 atom stereocenters. The molecular formula is C25H33N7O9. The molecule has 16 heteroatoms. The van der Waals surface area contributed by atoms with Crippen molar-refractivity contribution in [2.24, 2.45) is 17.2 Å². The van der Waals surface area contributed by atoms with Gasteiger partial charge < -0.3 is 48.3 Å². The molecule has 2 rings (SSSR count). The number of hydrogen-bond acceptors (Lipinski definition) is 8. The molecule has 4 unspecified atom stereocenters. The Morgan fingerprint density at radius 1 is 0.780 bits per heavy atom. The van der Waals surface area contributed by atoms with Crippen LogP contribution in [0.15, 0.2) is 30.5 Å². The molecule has 41 heavy (non-hydrogen) atoms. The largest absolute Gasteiger partial charge is 0.481 e. The molecule has 0 bridgehead atoms. The number of H-pyrrole nitrogens is 1. The molecule has 16 nitrogen and oxygen atoms in total. The predicted octanol–water partition coefficient (Wildman–Crippen LogP) is -2.42. The number of nitrogens with two attached hydrogens (primary N) is 3. The lowest BCUT2D eigenvalue weighted by Gasteiger charge is -2.25. The number of nitrogens with one attached hydrogen (secondary N) is 4. The third-order valence-corrected chi connectivity index (χ3v) is 6.07. The third-order valence-electron chi connectivity index (χ3n) is 6.07. The van der Waals surface area contributed by atoms with E-state index in [1.165, 1.54) is 0 Å². The normalized spacial score (nSPS) is 13.8. The molecule has 0 radical (unpaired) electrons. The van der Waals surface area contributed by atoms with Gasteiger partial charge in [-0.1, -0.05) is 18.2 Å². The molecule has 1 heterocycles. The molecule has 0 saturated carbocycles. The van der Waals surface area contributed by atoms with Crippen LogP contribution in [0.3, 0.4) is 0 Å². The molecule has 222 valence electrons. The van der Waals surface area contributed by atoms with Gasteiger partial charge >= 0.3 is 11.9 Å². The Hall–Kier alpha value is -4.99. The van der Waals surface area contributed by atoms with Crippen molar-refractivity contribution in [1.82, 2.24) is 20.9 Å². The Morgan fingerprint density at radius 3 is 2.00 bits per heavy atom. The van der Waals surface area contributed by atoms with Crippen molar-refractivity contribution in [3.05, 3.63) is 36.0 Å². The van der Waals surface area contributed by atoms with Gasteiger partial charge in [-0.25, -0.2) is 4.79 Å². The molecule has 0 aliphatic heterocycles. The number of hydrogen-bond donors (Lipinski definition) is 9. The maximum absolute atomic E-state index is 13.2. The molecule has 1 aromatic carbocycles. The van der Waals surface area contributed by atoms with Crippen molar-refractivity contribution in [3.63, 3.8) is 0 Å². The van der Waals surface area contributed by atoms with Crippen LogP contribution in [0.1, 0.15) is 37.7 Å². The summed E-state index contributed by atoms with van der Waals surface area (Å²) in [6.07, 6.45) is -0.532. The Balaban J connectivity index is 2.31. The van der Waals surface area contributed by atoms with E-state index in [9.17, 15) is 38.7 Å². The lowest BCUT2D eigenvalue weighted by Crippen LogP contribution is -2.58. The number of primary amides is 2. The predicted molar refractivity (Wildman–Crippen MR) is 143 cm³/mol. The number of fused-ring (bicyclic) bond motifs is 1. The number of aliphatic carboxylic acids is 2. The number of aromatic nitrogens is 1. The summed E-state index contributed by atoms with van der Waals surface area (Å²) < 4.78 is 0. The SMILES string of the molecule is NC(=O)CCC(N)C(=O)NC(CC(N)=O)C(=O)NC(Cc1c[nH]c2ccccc12)C(=O)NC(CCC(=O)O)C(=O)O. The number of amides is 5. The first-order valence-corrected chi connectivity index (χ1v) is 12.5. The van der Waals surface area contributed by atoms with E-state index in [2.05, 4.69) is 20.9 Å². The zero-order valence-corrected chi connectivity index (χ0v) is 21.9. The van der Waals surface area contributed by atoms with Gasteiger partial charge in [0.15, 0.2) is 0 Å². The average molecular weight is 576 g/mol. The molecule has 0 fully saturated rings. The van der Waals surface area contributed by atoms with E-state index in [-0.39, 0.29) is 19.3 Å². The van der Waals surface area contributed by atoms with Gasteiger partial charge in [0, 0.05) is 36.4 Å². The summed E-state index contributed by atoms with van der Waals surface area (Å²) in [7, 11) is 0. The highest BCUT2D eigenvalue weighted by atomic mass is 16.4. The summed E-state index contributed by atoms with van der Waals surface area (Å²) in [5, 5.41) is 26.0. The summed E-state index contributed by atoms with van der Waals surface area (Å²) in [5.41, 5.74) is 17.3. The van der Waals surface area contributed by atoms with Crippen molar-refractivity contribution in [2.45, 2.75) is 62.7 Å². The summed E-state index contributed by atoms with van der Waals surface area (Å²) in [6, 6.07) is 1.24. The minimum absolute atomic E-state index is 0.134. The van der Waals surface area contributed by atoms with Gasteiger partial charge in [-0.3, -0.25) is 28.8 Å². The number of carboxylic acids is 2. The standard InChI is InChI=1S/C25H33N7O9/c26-14(5-7-19(27)33)22(37)31-18(10-20(28)34)24(39)32-17(9-12-11-29-15-4-2-1-3-13(12)15)23(38)30-16(25(40)41)6-8-21(35)36/h1-4,11,14,16-18,29H,5-10,26H2,(H2,27,33)(H2,28,34)(H,30,38)(H,31,37)(H,32,39)(H,35,36)(H,40,41). The van der Waals surface area contributed by atoms with E-state index in [1.807, 2.05) is 0 Å². The average Bonchev–Trinajstić information content (AvgIpc) is 3.30. The zero-order chi connectivity index (χ0) is 30.7. The first kappa shape index (κ1) is 32.2. The van der Waals surface area contributed by atoms with Gasteiger partial charge in [0.1, 0.15) is 18.1 Å². The number of aromatic amines is 1. The summed E-state index contributed by atoms with van der Waals surface area (Å²) in [4.78, 5) is 87.2. The highest BCUT2D eigenvalue weighted by Crippen LogP contribution is 2.19. The molecule has 0 spiro atoms. The first-order chi connectivity index (χ1) is 19.3. The molecule has 1 aromatic heterocycles. The molecule has 5 amide bonds. The van der Waals surface area contributed by atoms with Gasteiger partial charge in [-0.15, -0.1) is 0 Å². The molecule has 0 aliphatic rings. The lowest BCUT2D eigenvalue weighted by atomic mass is 10.0. The number of carbonyl (C=O) groups excluding carboxylic acids is 5. The summed E-state index contributed by atoms with van der Waals surface area (Å²) in [6.45, 7) is 0. The number of carbonyl (C=O) groups is 7. The first-order valence-electron chi connectivity index (χ1n) is 12.5. The van der Waals surface area contributed by atoms with Gasteiger partial charge in [-0.2, -0.15) is 0 Å². The molecule has 2 aromatic rings. The lowest BCUT2D eigenvalue weighted by molar-refractivity contribution is -0.143. The fourth-order valence-electron chi connectivity index (χ4n) is 3.92. The quantitative estimate of drug-likeness (QED) is 0.0961. The fraction of sp³-hybridized carbons (Fsp3) is 0.400. The Labute approximate surface area is 233 Å². The smallest absolute Gasteiger partial charge is 0.326 e. The van der Waals surface area contributed by atoms with Gasteiger partial charge in [0.2, 0.25) is 29.5 Å². The van der Waals surface area contributed by atoms with E-state index in [1.54, 1.807) is 30.5 Å². The van der Waals surface area contributed by atoms with Crippen LogP contribution >= 0.6 is 0 Å². The monoisotopic (exact) mass is 575 g/mol. The van der Waals surface area contributed by atoms with Crippen LogP contribution in [-0.4, -0.2) is 80.8 Å². The van der Waals surface area contributed by atoms with Gasteiger partial charge in [-0.05, 0) is 24.5 Å². The highest BCUT2D eigenvalue weighted by molar-refractivity contribution is 5.96. The minimum atomic E-state index is -1.58. The van der Waals surface area contributed by atoms with Crippen molar-refractivity contribution >= 4 is 52.4 Å². The van der Waals surface area contributed by atoms with Crippen molar-refractivity contribution in [2.75, 3.05) is 0 Å². The fourth-order valence-corrected chi connectivity index (χ4v) is 3.92. The van der Waals surface area contributed by atoms with Crippen LogP contribution < -0.4 is 33.2 Å². The Morgan fingerprint density at radius 2 is 1.39 bits per heavy atom. The van der Waals surface area contributed by atoms with Crippen LogP contribution in [0.25, 0.3) is 10.9 Å². The minimum Gasteiger partial charge on any atom is -0.481 e. The third kappa shape index (κ3) is 10.2. The topological polar surface area (TPSA) is 290 Å². The van der Waals surface area contributed by atoms with Crippen molar-refractivity contribution in [1.29, 1.82) is 0 Å². The van der Waals surface area contributed by atoms with E-state index >= 15 is 0 Å². The van der Waals surface area contributed by atoms with Crippen LogP contribution in [0, 0.1) is 0 Å². The van der Waals surface area contributed by atoms with Crippen molar-refractivity contribution < 1.29 is 43.8 Å². The second kappa shape index (κ2) is 15.0. The molecule has 12 N–H and O–H groups in total. The number of para-hydroxylation sites is 1. The van der Waals surface area contributed by atoms with E-state index in [0.29, 0.717) is 10.9 Å². The second-order valence-corrected chi connectivity index (χ2v) is 9.30. The van der Waals surface area contributed by atoms with E-state index < -0.39 is 84.9 Å². The van der Waals surface area contributed by atoms with Crippen molar-refractivity contribution in [3.8, 4) is 0 Å². The van der Waals surface area contributed by atoms with Crippen LogP contribution in [-0.2, 0) is 40.0 Å². The number of carboxylic acid groups (broad SMARTS) is 2. The maximum atomic E-state index is 13.2. The second-order valence-electron chi connectivity index (χ2n) is 9.30. The zero-order valence-electron chi connectivity index (χ0n) is 21.9. The maximum Gasteiger partial charge on any atom is 0.326 e. The van der Waals surface area contributed by atoms with Gasteiger partial charge in [0.25, 0.3) is 0 Å². The summed E-state index contributed by atoms with van der Waals surface area (Å²) in [5.74, 6) is -7.26. The molecule has 0 aliphatic carbocycles. The van der Waals surface area contributed by atoms with E-state index in [0.717, 1.165) is 5.52 Å². The van der Waals surface area contributed by atoms with Crippen LogP contribution in [0.2, 0.25) is 0 Å². The van der Waals surface area contributed by atoms with E-state index in [4.69, 9.17) is 22.3 Å². The Kier molecular flexibility index (Phi) is 11.8. The van der Waals surface area contributed by atoms with Gasteiger partial charge in [0.05, 0.1) is 12.5 Å². The summed E-state index contributed by atoms with van der Waals surface area (Å²) >= 11 is 0. The number of rotatable bonds is 17. The highest BCUT2D eigenvalue weighted by Gasteiger charge is 2.32. The number of benzene rings is 1. The van der Waals surface area contributed by atoms with Crippen LogP contribution in [0.4, 0.5) is 0 Å².